The molecular formula is C17H19ClN8O. The van der Waals surface area contributed by atoms with Gasteiger partial charge in [0.2, 0.25) is 0 Å². The summed E-state index contributed by atoms with van der Waals surface area (Å²) in [6.45, 7) is 5.21. The fraction of sp³-hybridized carbons (Fsp3) is 0.353. The lowest BCUT2D eigenvalue weighted by molar-refractivity contribution is 0.208. The Kier molecular flexibility index (Phi) is 4.76. The van der Waals surface area contributed by atoms with Crippen LogP contribution in [0.5, 0.6) is 0 Å². The molecule has 1 aromatic carbocycles. The number of urea groups is 1. The van der Waals surface area contributed by atoms with E-state index in [1.54, 1.807) is 33.8 Å². The van der Waals surface area contributed by atoms with Crippen molar-refractivity contribution in [3.63, 3.8) is 0 Å². The molecule has 0 spiro atoms. The zero-order valence-corrected chi connectivity index (χ0v) is 15.6. The number of carbonyl (C=O) groups excluding carboxylic acids is 1. The van der Waals surface area contributed by atoms with Gasteiger partial charge in [0.1, 0.15) is 6.33 Å². The summed E-state index contributed by atoms with van der Waals surface area (Å²) in [5, 5.41) is 11.9. The van der Waals surface area contributed by atoms with Crippen LogP contribution in [0.1, 0.15) is 6.92 Å². The first-order valence-corrected chi connectivity index (χ1v) is 9.14. The molecule has 0 unspecified atom stereocenters. The average Bonchev–Trinajstić information content (AvgIpc) is 3.13. The number of benzene rings is 1. The molecule has 0 atom stereocenters. The molecule has 1 N–H and O–H groups in total. The van der Waals surface area contributed by atoms with Crippen molar-refractivity contribution in [2.24, 2.45) is 0 Å². The SMILES string of the molecule is CCn1nnc2c(N3CCN(C(=O)Nc4ccc(Cl)cc4)CC3)ncnc21. The van der Waals surface area contributed by atoms with E-state index in [0.717, 1.165) is 17.2 Å². The van der Waals surface area contributed by atoms with E-state index >= 15 is 0 Å². The van der Waals surface area contributed by atoms with Gasteiger partial charge in [0.15, 0.2) is 17.0 Å². The number of anilines is 2. The number of nitrogens with zero attached hydrogens (tertiary/aromatic N) is 7. The Bertz CT molecular complexity index is 949. The molecule has 0 bridgehead atoms. The van der Waals surface area contributed by atoms with Gasteiger partial charge < -0.3 is 15.1 Å². The minimum atomic E-state index is -0.123. The third kappa shape index (κ3) is 3.50. The van der Waals surface area contributed by atoms with Crippen molar-refractivity contribution < 1.29 is 4.79 Å². The lowest BCUT2D eigenvalue weighted by atomic mass is 10.3. The van der Waals surface area contributed by atoms with Crippen molar-refractivity contribution in [1.29, 1.82) is 0 Å². The van der Waals surface area contributed by atoms with E-state index in [1.807, 2.05) is 6.92 Å². The summed E-state index contributed by atoms with van der Waals surface area (Å²) >= 11 is 5.87. The minimum absolute atomic E-state index is 0.123. The van der Waals surface area contributed by atoms with Crippen LogP contribution in [0, 0.1) is 0 Å². The smallest absolute Gasteiger partial charge is 0.321 e. The van der Waals surface area contributed by atoms with Crippen LogP contribution in [-0.2, 0) is 6.54 Å². The predicted octanol–water partition coefficient (Wildman–Crippen LogP) is 2.25. The average molecular weight is 387 g/mol. The fourth-order valence-corrected chi connectivity index (χ4v) is 3.21. The van der Waals surface area contributed by atoms with E-state index in [2.05, 4.69) is 30.5 Å². The molecule has 9 nitrogen and oxygen atoms in total. The quantitative estimate of drug-likeness (QED) is 0.742. The number of rotatable bonds is 3. The number of nitrogens with one attached hydrogen (secondary N) is 1. The van der Waals surface area contributed by atoms with Gasteiger partial charge in [0.05, 0.1) is 0 Å². The summed E-state index contributed by atoms with van der Waals surface area (Å²) in [6, 6.07) is 6.94. The number of piperazine rings is 1. The minimum Gasteiger partial charge on any atom is -0.351 e. The molecule has 0 radical (unpaired) electrons. The van der Waals surface area contributed by atoms with Crippen LogP contribution in [0.4, 0.5) is 16.3 Å². The van der Waals surface area contributed by atoms with Crippen LogP contribution in [-0.4, -0.2) is 62.1 Å². The summed E-state index contributed by atoms with van der Waals surface area (Å²) in [5.74, 6) is 0.762. The van der Waals surface area contributed by atoms with Crippen LogP contribution >= 0.6 is 11.6 Å². The van der Waals surface area contributed by atoms with E-state index in [0.29, 0.717) is 43.3 Å². The van der Waals surface area contributed by atoms with Gasteiger partial charge in [-0.25, -0.2) is 19.4 Å². The van der Waals surface area contributed by atoms with Crippen LogP contribution in [0.2, 0.25) is 5.02 Å². The molecule has 1 fully saturated rings. The van der Waals surface area contributed by atoms with E-state index in [9.17, 15) is 4.79 Å². The summed E-state index contributed by atoms with van der Waals surface area (Å²) in [7, 11) is 0. The monoisotopic (exact) mass is 386 g/mol. The summed E-state index contributed by atoms with van der Waals surface area (Å²) in [5.41, 5.74) is 2.14. The standard InChI is InChI=1S/C17H19ClN8O/c1-2-26-16-14(22-23-26)15(19-11-20-16)24-7-9-25(10-8-24)17(27)21-13-5-3-12(18)4-6-13/h3-6,11H,2,7-10H2,1H3,(H,21,27). The third-order valence-corrected chi connectivity index (χ3v) is 4.79. The number of hydrogen-bond donors (Lipinski definition) is 1. The largest absolute Gasteiger partial charge is 0.351 e. The molecule has 1 aliphatic rings. The molecule has 0 saturated carbocycles. The first-order chi connectivity index (χ1) is 13.2. The highest BCUT2D eigenvalue weighted by Crippen LogP contribution is 2.22. The lowest BCUT2D eigenvalue weighted by Gasteiger charge is -2.35. The van der Waals surface area contributed by atoms with Crippen molar-refractivity contribution in [2.45, 2.75) is 13.5 Å². The maximum absolute atomic E-state index is 12.5. The zero-order valence-electron chi connectivity index (χ0n) is 14.8. The second-order valence-electron chi connectivity index (χ2n) is 6.19. The molecule has 2 aromatic heterocycles. The number of aryl methyl sites for hydroxylation is 1. The Labute approximate surface area is 160 Å². The summed E-state index contributed by atoms with van der Waals surface area (Å²) in [4.78, 5) is 25.0. The van der Waals surface area contributed by atoms with E-state index in [1.165, 1.54) is 6.33 Å². The van der Waals surface area contributed by atoms with Gasteiger partial charge in [-0.1, -0.05) is 16.8 Å². The van der Waals surface area contributed by atoms with Gasteiger partial charge in [-0.15, -0.1) is 5.10 Å². The summed E-state index contributed by atoms with van der Waals surface area (Å²) < 4.78 is 1.75. The van der Waals surface area contributed by atoms with E-state index in [4.69, 9.17) is 11.6 Å². The number of hydrogen-bond acceptors (Lipinski definition) is 6. The molecule has 4 rings (SSSR count). The summed E-state index contributed by atoms with van der Waals surface area (Å²) in [6.07, 6.45) is 1.53. The van der Waals surface area contributed by atoms with Gasteiger partial charge >= 0.3 is 6.03 Å². The maximum Gasteiger partial charge on any atom is 0.321 e. The van der Waals surface area contributed by atoms with Crippen LogP contribution < -0.4 is 10.2 Å². The molecule has 2 amide bonds. The van der Waals surface area contributed by atoms with Crippen molar-refractivity contribution in [1.82, 2.24) is 29.9 Å². The highest BCUT2D eigenvalue weighted by molar-refractivity contribution is 6.30. The molecular weight excluding hydrogens is 368 g/mol. The number of aromatic nitrogens is 5. The zero-order chi connectivity index (χ0) is 18.8. The normalized spacial score (nSPS) is 14.6. The highest BCUT2D eigenvalue weighted by Gasteiger charge is 2.24. The number of carbonyl (C=O) groups is 1. The molecule has 27 heavy (non-hydrogen) atoms. The van der Waals surface area contributed by atoms with Crippen molar-refractivity contribution in [3.05, 3.63) is 35.6 Å². The molecule has 3 aromatic rings. The van der Waals surface area contributed by atoms with Crippen LogP contribution in [0.15, 0.2) is 30.6 Å². The second-order valence-corrected chi connectivity index (χ2v) is 6.62. The molecule has 10 heteroatoms. The Hall–Kier alpha value is -2.94. The predicted molar refractivity (Wildman–Crippen MR) is 103 cm³/mol. The van der Waals surface area contributed by atoms with Crippen LogP contribution in [0.3, 0.4) is 0 Å². The molecule has 1 saturated heterocycles. The Balaban J connectivity index is 1.42. The van der Waals surface area contributed by atoms with Gasteiger partial charge in [-0.05, 0) is 31.2 Å². The molecule has 1 aliphatic heterocycles. The van der Waals surface area contributed by atoms with Gasteiger partial charge in [0.25, 0.3) is 0 Å². The van der Waals surface area contributed by atoms with Gasteiger partial charge in [0, 0.05) is 43.4 Å². The fourth-order valence-electron chi connectivity index (χ4n) is 3.08. The lowest BCUT2D eigenvalue weighted by Crippen LogP contribution is -2.50. The molecule has 140 valence electrons. The number of amides is 2. The van der Waals surface area contributed by atoms with Gasteiger partial charge in [-0.3, -0.25) is 0 Å². The maximum atomic E-state index is 12.5. The van der Waals surface area contributed by atoms with Crippen molar-refractivity contribution in [2.75, 3.05) is 36.4 Å². The third-order valence-electron chi connectivity index (χ3n) is 4.54. The molecule has 3 heterocycles. The second kappa shape index (κ2) is 7.36. The van der Waals surface area contributed by atoms with Crippen molar-refractivity contribution in [3.8, 4) is 0 Å². The highest BCUT2D eigenvalue weighted by atomic mass is 35.5. The number of fused-ring (bicyclic) bond motifs is 1. The van der Waals surface area contributed by atoms with Gasteiger partial charge in [-0.2, -0.15) is 0 Å². The molecule has 0 aliphatic carbocycles. The first-order valence-electron chi connectivity index (χ1n) is 8.76. The Morgan fingerprint density at radius 3 is 2.59 bits per heavy atom. The Morgan fingerprint density at radius 1 is 1.15 bits per heavy atom. The van der Waals surface area contributed by atoms with E-state index < -0.39 is 0 Å². The van der Waals surface area contributed by atoms with Crippen molar-refractivity contribution >= 4 is 40.3 Å². The Morgan fingerprint density at radius 2 is 1.89 bits per heavy atom. The first kappa shape index (κ1) is 17.5. The van der Waals surface area contributed by atoms with Crippen LogP contribution in [0.25, 0.3) is 11.2 Å². The van der Waals surface area contributed by atoms with E-state index in [-0.39, 0.29) is 6.03 Å². The topological polar surface area (TPSA) is 92.1 Å². The number of halogens is 1.